The van der Waals surface area contributed by atoms with Crippen LogP contribution in [-0.4, -0.2) is 76.9 Å². The Morgan fingerprint density at radius 3 is 1.90 bits per heavy atom. The Morgan fingerprint density at radius 1 is 0.905 bits per heavy atom. The molecule has 2 heterocycles. The molecule has 0 bridgehead atoms. The van der Waals surface area contributed by atoms with Crippen LogP contribution in [0.4, 0.5) is 0 Å². The Labute approximate surface area is 248 Å². The fraction of sp³-hybridized carbons (Fsp3) is 0.290. The van der Waals surface area contributed by atoms with Gasteiger partial charge < -0.3 is 0 Å². The molecule has 0 amide bonds. The quantitative estimate of drug-likeness (QED) is 0.160. The van der Waals surface area contributed by atoms with Crippen LogP contribution in [0.3, 0.4) is 0 Å². The van der Waals surface area contributed by atoms with Crippen molar-refractivity contribution < 1.29 is 29.5 Å². The fourth-order valence-corrected chi connectivity index (χ4v) is 7.28. The number of hydrogen-bond donors (Lipinski definition) is 4. The third-order valence-electron chi connectivity index (χ3n) is 7.88. The molecule has 5 rings (SSSR count). The molecule has 0 aliphatic carbocycles. The molecule has 1 aliphatic rings. The average Bonchev–Trinajstić information content (AvgIpc) is 3.28. The van der Waals surface area contributed by atoms with Crippen molar-refractivity contribution in [2.45, 2.75) is 40.3 Å². The molecule has 1 fully saturated rings. The molecule has 1 aliphatic heterocycles. The van der Waals surface area contributed by atoms with Crippen LogP contribution in [0.1, 0.15) is 22.9 Å². The number of H-pyrrole nitrogens is 1. The Balaban J connectivity index is 1.74. The molecule has 220 valence electrons. The number of hydrogen-bond acceptors (Lipinski definition) is 8. The van der Waals surface area contributed by atoms with Gasteiger partial charge in [-0.3, -0.25) is 0 Å². The molecule has 0 saturated carbocycles. The molecule has 11 heteroatoms. The van der Waals surface area contributed by atoms with E-state index in [0.717, 1.165) is 10.6 Å². The molecule has 4 N–H and O–H groups in total. The second kappa shape index (κ2) is 11.9. The van der Waals surface area contributed by atoms with Crippen LogP contribution in [0.15, 0.2) is 101 Å². The van der Waals surface area contributed by atoms with Gasteiger partial charge in [-0.1, -0.05) is 0 Å². The molecular weight excluding hydrogens is 607 g/mol. The third-order valence-corrected chi connectivity index (χ3v) is 10.2. The standard InChI is InChI=1S/C31H32N2O8Se/c1-39-22-13-9-20(10-14-22)30(19-7-5-4-6-8-19,21-11-15-23(40-2)16-12-21)26(35)25-27(36)31(38,42-3)28(41-25)33-18-17-24(34)32-29(33)37/h4-18,25-28,35-36,38H,1-3H3,(H,32,34,37)/t25-,26?,27-,28-,31+/m1/s1. The number of benzene rings is 3. The number of aliphatic hydroxyl groups excluding tert-OH is 2. The molecule has 1 unspecified atom stereocenters. The van der Waals surface area contributed by atoms with E-state index in [0.29, 0.717) is 28.2 Å². The van der Waals surface area contributed by atoms with Crippen molar-refractivity contribution in [1.82, 2.24) is 9.55 Å². The van der Waals surface area contributed by atoms with Crippen molar-refractivity contribution >= 4 is 15.0 Å². The van der Waals surface area contributed by atoms with Gasteiger partial charge in [0.05, 0.1) is 0 Å². The summed E-state index contributed by atoms with van der Waals surface area (Å²) >= 11 is -0.684. The fourth-order valence-electron chi connectivity index (χ4n) is 5.72. The molecular formula is C31H32N2O8Se. The first-order valence-corrected chi connectivity index (χ1v) is 15.7. The van der Waals surface area contributed by atoms with Gasteiger partial charge in [-0.05, 0) is 0 Å². The van der Waals surface area contributed by atoms with E-state index < -0.39 is 60.7 Å². The Morgan fingerprint density at radius 2 is 1.43 bits per heavy atom. The summed E-state index contributed by atoms with van der Waals surface area (Å²) in [6, 6.07) is 24.9. The van der Waals surface area contributed by atoms with Crippen LogP contribution in [0.5, 0.6) is 11.5 Å². The third kappa shape index (κ3) is 4.88. The number of aliphatic hydroxyl groups is 3. The first-order chi connectivity index (χ1) is 20.2. The van der Waals surface area contributed by atoms with Crippen molar-refractivity contribution in [2.75, 3.05) is 14.2 Å². The van der Waals surface area contributed by atoms with E-state index in [2.05, 4.69) is 4.98 Å². The predicted octanol–water partition coefficient (Wildman–Crippen LogP) is 1.65. The zero-order chi connectivity index (χ0) is 30.1. The monoisotopic (exact) mass is 640 g/mol. The van der Waals surface area contributed by atoms with E-state index in [-0.39, 0.29) is 0 Å². The summed E-state index contributed by atoms with van der Waals surface area (Å²) in [5.74, 6) is 2.93. The predicted molar refractivity (Wildman–Crippen MR) is 156 cm³/mol. The molecule has 1 aromatic heterocycles. The molecule has 3 aromatic carbocycles. The summed E-state index contributed by atoms with van der Waals surface area (Å²) in [7, 11) is 3.12. The van der Waals surface area contributed by atoms with Gasteiger partial charge in [0.25, 0.3) is 0 Å². The summed E-state index contributed by atoms with van der Waals surface area (Å²) in [5.41, 5.74) is -0.732. The zero-order valence-corrected chi connectivity index (χ0v) is 24.9. The SMILES string of the molecule is COc1ccc(C(c2ccccc2)(c2ccc(OC)cc2)C(O)[C@H]2O[C@@H](n3ccc(=O)[nH]c3=O)[C@@](O)([Se]C)[C@@H]2O)cc1. The van der Waals surface area contributed by atoms with Crippen molar-refractivity contribution in [2.24, 2.45) is 0 Å². The van der Waals surface area contributed by atoms with Gasteiger partial charge in [0, 0.05) is 0 Å². The minimum absolute atomic E-state index is 0.612. The van der Waals surface area contributed by atoms with Crippen molar-refractivity contribution in [1.29, 1.82) is 0 Å². The van der Waals surface area contributed by atoms with E-state index in [1.165, 1.54) is 6.20 Å². The van der Waals surface area contributed by atoms with Crippen LogP contribution >= 0.6 is 0 Å². The second-order valence-corrected chi connectivity index (χ2v) is 12.2. The number of methoxy groups -OCH3 is 2. The van der Waals surface area contributed by atoms with E-state index in [4.69, 9.17) is 14.2 Å². The maximum atomic E-state index is 12.8. The normalized spacial score (nSPS) is 23.0. The number of nitrogens with zero attached hydrogens (tertiary/aromatic N) is 1. The summed E-state index contributed by atoms with van der Waals surface area (Å²) in [5, 5.41) is 36.0. The number of aromatic amines is 1. The number of ether oxygens (including phenoxy) is 3. The summed E-state index contributed by atoms with van der Waals surface area (Å²) in [6.07, 6.45) is -4.62. The Hall–Kier alpha value is -3.70. The van der Waals surface area contributed by atoms with E-state index >= 15 is 0 Å². The molecule has 0 radical (unpaired) electrons. The summed E-state index contributed by atoms with van der Waals surface area (Å²) in [4.78, 5) is 26.7. The summed E-state index contributed by atoms with van der Waals surface area (Å²) in [6.45, 7) is 0. The van der Waals surface area contributed by atoms with Gasteiger partial charge in [-0.2, -0.15) is 0 Å². The molecule has 42 heavy (non-hydrogen) atoms. The molecule has 10 nitrogen and oxygen atoms in total. The molecule has 1 saturated heterocycles. The van der Waals surface area contributed by atoms with Crippen molar-refractivity contribution in [3.63, 3.8) is 0 Å². The van der Waals surface area contributed by atoms with Crippen LogP contribution < -0.4 is 20.7 Å². The van der Waals surface area contributed by atoms with Crippen LogP contribution in [0, 0.1) is 0 Å². The number of rotatable bonds is 9. The maximum absolute atomic E-state index is 12.8. The van der Waals surface area contributed by atoms with E-state index in [1.807, 2.05) is 54.6 Å². The topological polar surface area (TPSA) is 143 Å². The van der Waals surface area contributed by atoms with Gasteiger partial charge in [-0.15, -0.1) is 0 Å². The first kappa shape index (κ1) is 29.8. The van der Waals surface area contributed by atoms with Gasteiger partial charge in [0.1, 0.15) is 0 Å². The van der Waals surface area contributed by atoms with Gasteiger partial charge in [0.15, 0.2) is 0 Å². The van der Waals surface area contributed by atoms with Crippen LogP contribution in [0.25, 0.3) is 0 Å². The van der Waals surface area contributed by atoms with E-state index in [1.54, 1.807) is 44.3 Å². The molecule has 5 atom stereocenters. The first-order valence-electron chi connectivity index (χ1n) is 13.2. The zero-order valence-electron chi connectivity index (χ0n) is 23.2. The van der Waals surface area contributed by atoms with E-state index in [9.17, 15) is 24.9 Å². The van der Waals surface area contributed by atoms with Crippen molar-refractivity contribution in [3.05, 3.63) is 129 Å². The molecule has 0 spiro atoms. The Bertz CT molecular complexity index is 1580. The van der Waals surface area contributed by atoms with Gasteiger partial charge in [0.2, 0.25) is 0 Å². The van der Waals surface area contributed by atoms with Gasteiger partial charge >= 0.3 is 249 Å². The van der Waals surface area contributed by atoms with Gasteiger partial charge in [-0.25, -0.2) is 0 Å². The average molecular weight is 640 g/mol. The second-order valence-electron chi connectivity index (χ2n) is 9.95. The summed E-state index contributed by atoms with van der Waals surface area (Å²) < 4.78 is 16.2. The Kier molecular flexibility index (Phi) is 8.43. The minimum atomic E-state index is -1.91. The van der Waals surface area contributed by atoms with Crippen LogP contribution in [0.2, 0.25) is 5.82 Å². The van der Waals surface area contributed by atoms with Crippen molar-refractivity contribution in [3.8, 4) is 11.5 Å². The number of nitrogens with one attached hydrogen (secondary N) is 1. The van der Waals surface area contributed by atoms with Crippen LogP contribution in [-0.2, 0) is 10.2 Å². The molecule has 4 aromatic rings. The number of aromatic nitrogens is 2.